The van der Waals surface area contributed by atoms with E-state index in [-0.39, 0.29) is 18.4 Å². The molecule has 0 saturated heterocycles. The minimum Gasteiger partial charge on any atom is -0.493 e. The highest BCUT2D eigenvalue weighted by Crippen LogP contribution is 2.30. The molecule has 0 aliphatic carbocycles. The molecule has 7 heteroatoms. The largest absolute Gasteiger partial charge is 0.493 e. The zero-order chi connectivity index (χ0) is 16.0. The van der Waals surface area contributed by atoms with Crippen molar-refractivity contribution in [2.45, 2.75) is 19.9 Å². The van der Waals surface area contributed by atoms with Crippen LogP contribution in [0.4, 0.5) is 5.69 Å². The maximum Gasteiger partial charge on any atom is 0.255 e. The van der Waals surface area contributed by atoms with Gasteiger partial charge in [0, 0.05) is 11.8 Å². The van der Waals surface area contributed by atoms with Crippen molar-refractivity contribution in [3.05, 3.63) is 18.2 Å². The standard InChI is InChI=1S/C14H21N3O4/c1-8(2)13(16)14(19)17-9-4-5-10(20-3)11(6-9)21-7-12(15)18/h4-6,8,13H,7,16H2,1-3H3,(H2,15,18)(H,17,19)/t13-/m0/s1. The predicted octanol–water partition coefficient (Wildman–Crippen LogP) is 0.481. The number of amides is 2. The maximum absolute atomic E-state index is 11.9. The Morgan fingerprint density at radius 2 is 1.95 bits per heavy atom. The summed E-state index contributed by atoms with van der Waals surface area (Å²) in [5.41, 5.74) is 11.3. The molecule has 0 fully saturated rings. The summed E-state index contributed by atoms with van der Waals surface area (Å²) in [6, 6.07) is 4.21. The number of carbonyl (C=O) groups excluding carboxylic acids is 2. The number of hydrogen-bond donors (Lipinski definition) is 3. The van der Waals surface area contributed by atoms with E-state index in [1.54, 1.807) is 18.2 Å². The molecule has 1 aromatic rings. The van der Waals surface area contributed by atoms with Crippen LogP contribution in [0.2, 0.25) is 0 Å². The SMILES string of the molecule is COc1ccc(NC(=O)[C@@H](N)C(C)C)cc1OCC(N)=O. The Hall–Kier alpha value is -2.28. The first kappa shape index (κ1) is 16.8. The molecule has 0 aromatic heterocycles. The smallest absolute Gasteiger partial charge is 0.255 e. The van der Waals surface area contributed by atoms with Gasteiger partial charge in [0.1, 0.15) is 0 Å². The van der Waals surface area contributed by atoms with Crippen molar-refractivity contribution in [1.82, 2.24) is 0 Å². The lowest BCUT2D eigenvalue weighted by atomic mass is 10.0. The second-order valence-corrected chi connectivity index (χ2v) is 4.88. The summed E-state index contributed by atoms with van der Waals surface area (Å²) in [4.78, 5) is 22.7. The zero-order valence-corrected chi connectivity index (χ0v) is 12.4. The Labute approximate surface area is 123 Å². The van der Waals surface area contributed by atoms with Gasteiger partial charge >= 0.3 is 0 Å². The van der Waals surface area contributed by atoms with Gasteiger partial charge in [-0.3, -0.25) is 9.59 Å². The van der Waals surface area contributed by atoms with Crippen LogP contribution in [0, 0.1) is 5.92 Å². The zero-order valence-electron chi connectivity index (χ0n) is 12.4. The molecule has 0 aliphatic heterocycles. The number of rotatable bonds is 7. The number of primary amides is 1. The molecule has 0 heterocycles. The lowest BCUT2D eigenvalue weighted by Crippen LogP contribution is -2.39. The summed E-state index contributed by atoms with van der Waals surface area (Å²) in [7, 11) is 1.47. The van der Waals surface area contributed by atoms with Crippen molar-refractivity contribution in [3.8, 4) is 11.5 Å². The van der Waals surface area contributed by atoms with Gasteiger partial charge in [0.25, 0.3) is 5.91 Å². The molecule has 1 aromatic carbocycles. The van der Waals surface area contributed by atoms with Crippen LogP contribution in [-0.4, -0.2) is 31.6 Å². The number of hydrogen-bond acceptors (Lipinski definition) is 5. The number of benzene rings is 1. The van der Waals surface area contributed by atoms with Crippen LogP contribution < -0.4 is 26.3 Å². The molecule has 0 unspecified atom stereocenters. The van der Waals surface area contributed by atoms with Gasteiger partial charge in [-0.1, -0.05) is 13.8 Å². The second kappa shape index (κ2) is 7.49. The summed E-state index contributed by atoms with van der Waals surface area (Å²) < 4.78 is 10.3. The first-order valence-corrected chi connectivity index (χ1v) is 6.50. The van der Waals surface area contributed by atoms with Gasteiger partial charge in [0.15, 0.2) is 18.1 Å². The maximum atomic E-state index is 11.9. The topological polar surface area (TPSA) is 117 Å². The number of methoxy groups -OCH3 is 1. The normalized spacial score (nSPS) is 11.9. The van der Waals surface area contributed by atoms with Gasteiger partial charge in [-0.05, 0) is 18.1 Å². The van der Waals surface area contributed by atoms with Crippen LogP contribution >= 0.6 is 0 Å². The lowest BCUT2D eigenvalue weighted by molar-refractivity contribution is -0.120. The van der Waals surface area contributed by atoms with E-state index >= 15 is 0 Å². The van der Waals surface area contributed by atoms with Crippen LogP contribution in [0.3, 0.4) is 0 Å². The molecule has 0 bridgehead atoms. The first-order valence-electron chi connectivity index (χ1n) is 6.50. The van der Waals surface area contributed by atoms with E-state index in [0.717, 1.165) is 0 Å². The Morgan fingerprint density at radius 1 is 1.29 bits per heavy atom. The Morgan fingerprint density at radius 3 is 2.48 bits per heavy atom. The quantitative estimate of drug-likeness (QED) is 0.676. The van der Waals surface area contributed by atoms with Crippen LogP contribution in [0.15, 0.2) is 18.2 Å². The van der Waals surface area contributed by atoms with E-state index in [2.05, 4.69) is 5.32 Å². The van der Waals surface area contributed by atoms with E-state index in [1.807, 2.05) is 13.8 Å². The van der Waals surface area contributed by atoms with Gasteiger partial charge in [-0.2, -0.15) is 0 Å². The minimum absolute atomic E-state index is 0.0221. The summed E-state index contributed by atoms with van der Waals surface area (Å²) in [5.74, 6) is -0.132. The lowest BCUT2D eigenvalue weighted by Gasteiger charge is -2.16. The van der Waals surface area contributed by atoms with Gasteiger partial charge in [-0.15, -0.1) is 0 Å². The summed E-state index contributed by atoms with van der Waals surface area (Å²) in [6.07, 6.45) is 0. The Bertz CT molecular complexity index is 517. The molecular weight excluding hydrogens is 274 g/mol. The fraction of sp³-hybridized carbons (Fsp3) is 0.429. The monoisotopic (exact) mass is 295 g/mol. The number of carbonyl (C=O) groups is 2. The van der Waals surface area contributed by atoms with E-state index in [1.165, 1.54) is 7.11 Å². The van der Waals surface area contributed by atoms with Gasteiger partial charge in [-0.25, -0.2) is 0 Å². The molecule has 5 N–H and O–H groups in total. The average molecular weight is 295 g/mol. The van der Waals surface area contributed by atoms with Gasteiger partial charge in [0.2, 0.25) is 5.91 Å². The third-order valence-electron chi connectivity index (χ3n) is 2.82. The molecule has 0 aliphatic rings. The molecular formula is C14H21N3O4. The molecule has 7 nitrogen and oxygen atoms in total. The molecule has 1 rings (SSSR count). The van der Waals surface area contributed by atoms with Crippen molar-refractivity contribution in [2.75, 3.05) is 19.0 Å². The Balaban J connectivity index is 2.86. The third-order valence-corrected chi connectivity index (χ3v) is 2.82. The van der Waals surface area contributed by atoms with Gasteiger partial charge in [0.05, 0.1) is 13.2 Å². The van der Waals surface area contributed by atoms with E-state index in [4.69, 9.17) is 20.9 Å². The summed E-state index contributed by atoms with van der Waals surface area (Å²) in [5, 5.41) is 2.69. The van der Waals surface area contributed by atoms with Crippen LogP contribution in [-0.2, 0) is 9.59 Å². The highest BCUT2D eigenvalue weighted by molar-refractivity contribution is 5.95. The third kappa shape index (κ3) is 4.96. The molecule has 116 valence electrons. The van der Waals surface area contributed by atoms with Gasteiger partial charge < -0.3 is 26.3 Å². The van der Waals surface area contributed by atoms with Crippen LogP contribution in [0.1, 0.15) is 13.8 Å². The fourth-order valence-corrected chi connectivity index (χ4v) is 1.54. The Kier molecular flexibility index (Phi) is 5.98. The number of nitrogens with one attached hydrogen (secondary N) is 1. The van der Waals surface area contributed by atoms with Crippen LogP contribution in [0.25, 0.3) is 0 Å². The second-order valence-electron chi connectivity index (χ2n) is 4.88. The van der Waals surface area contributed by atoms with Crippen molar-refractivity contribution in [2.24, 2.45) is 17.4 Å². The number of ether oxygens (including phenoxy) is 2. The molecule has 0 radical (unpaired) electrons. The van der Waals surface area contributed by atoms with E-state index in [9.17, 15) is 9.59 Å². The number of nitrogens with two attached hydrogens (primary N) is 2. The summed E-state index contributed by atoms with van der Waals surface area (Å²) in [6.45, 7) is 3.44. The predicted molar refractivity (Wildman–Crippen MR) is 79.1 cm³/mol. The molecule has 0 spiro atoms. The number of anilines is 1. The molecule has 2 amide bonds. The van der Waals surface area contributed by atoms with Crippen molar-refractivity contribution < 1.29 is 19.1 Å². The highest BCUT2D eigenvalue weighted by Gasteiger charge is 2.18. The fourth-order valence-electron chi connectivity index (χ4n) is 1.54. The average Bonchev–Trinajstić information content (AvgIpc) is 2.44. The minimum atomic E-state index is -0.609. The van der Waals surface area contributed by atoms with Crippen LogP contribution in [0.5, 0.6) is 11.5 Å². The first-order chi connectivity index (χ1) is 9.85. The summed E-state index contributed by atoms with van der Waals surface area (Å²) >= 11 is 0. The van der Waals surface area contributed by atoms with Crippen molar-refractivity contribution in [1.29, 1.82) is 0 Å². The van der Waals surface area contributed by atoms with E-state index < -0.39 is 11.9 Å². The molecule has 0 saturated carbocycles. The van der Waals surface area contributed by atoms with E-state index in [0.29, 0.717) is 17.2 Å². The molecule has 1 atom stereocenters. The van der Waals surface area contributed by atoms with Crippen molar-refractivity contribution >= 4 is 17.5 Å². The molecule has 21 heavy (non-hydrogen) atoms. The van der Waals surface area contributed by atoms with Crippen molar-refractivity contribution in [3.63, 3.8) is 0 Å². The highest BCUT2D eigenvalue weighted by atomic mass is 16.5.